The standard InChI is InChI=1S/C17H19ClN2O3S/c1-13-6-8-14(9-7-13)11-19-17(21)12-20(24(2,22)23)16-5-3-4-15(18)10-16/h3-10H,11-12H2,1-2H3,(H,19,21). The molecule has 7 heteroatoms. The predicted octanol–water partition coefficient (Wildman–Crippen LogP) is 2.73. The molecular formula is C17H19ClN2O3S. The summed E-state index contributed by atoms with van der Waals surface area (Å²) in [5.41, 5.74) is 2.44. The van der Waals surface area contributed by atoms with Gasteiger partial charge in [-0.2, -0.15) is 0 Å². The van der Waals surface area contributed by atoms with Crippen molar-refractivity contribution in [2.75, 3.05) is 17.1 Å². The van der Waals surface area contributed by atoms with Crippen molar-refractivity contribution in [1.29, 1.82) is 0 Å². The SMILES string of the molecule is Cc1ccc(CNC(=O)CN(c2cccc(Cl)c2)S(C)(=O)=O)cc1. The minimum atomic E-state index is -3.60. The van der Waals surface area contributed by atoms with Crippen molar-refractivity contribution in [3.8, 4) is 0 Å². The molecule has 0 saturated heterocycles. The Morgan fingerprint density at radius 2 is 1.83 bits per heavy atom. The first-order valence-electron chi connectivity index (χ1n) is 7.31. The van der Waals surface area contributed by atoms with Crippen molar-refractivity contribution in [3.63, 3.8) is 0 Å². The Labute approximate surface area is 147 Å². The van der Waals surface area contributed by atoms with Gasteiger partial charge in [0.2, 0.25) is 15.9 Å². The van der Waals surface area contributed by atoms with Gasteiger partial charge < -0.3 is 5.32 Å². The molecule has 0 heterocycles. The quantitative estimate of drug-likeness (QED) is 0.854. The molecule has 0 spiro atoms. The summed E-state index contributed by atoms with van der Waals surface area (Å²) in [6.07, 6.45) is 1.06. The van der Waals surface area contributed by atoms with Crippen LogP contribution in [0.2, 0.25) is 5.02 Å². The molecule has 24 heavy (non-hydrogen) atoms. The summed E-state index contributed by atoms with van der Waals surface area (Å²) < 4.78 is 25.0. The number of sulfonamides is 1. The molecule has 128 valence electrons. The Morgan fingerprint density at radius 1 is 1.17 bits per heavy atom. The fourth-order valence-corrected chi connectivity index (χ4v) is 3.16. The predicted molar refractivity (Wildman–Crippen MR) is 96.7 cm³/mol. The lowest BCUT2D eigenvalue weighted by atomic mass is 10.1. The summed E-state index contributed by atoms with van der Waals surface area (Å²) in [4.78, 5) is 12.1. The first-order chi connectivity index (χ1) is 11.3. The number of hydrogen-bond donors (Lipinski definition) is 1. The number of nitrogens with zero attached hydrogens (tertiary/aromatic N) is 1. The second-order valence-electron chi connectivity index (χ2n) is 5.51. The van der Waals surface area contributed by atoms with E-state index in [1.807, 2.05) is 31.2 Å². The summed E-state index contributed by atoms with van der Waals surface area (Å²) in [6, 6.07) is 14.1. The van der Waals surface area contributed by atoms with E-state index in [1.54, 1.807) is 18.2 Å². The largest absolute Gasteiger partial charge is 0.350 e. The number of anilines is 1. The first kappa shape index (κ1) is 18.3. The molecule has 0 bridgehead atoms. The van der Waals surface area contributed by atoms with Gasteiger partial charge in [-0.05, 0) is 30.7 Å². The van der Waals surface area contributed by atoms with E-state index >= 15 is 0 Å². The number of carbonyl (C=O) groups excluding carboxylic acids is 1. The van der Waals surface area contributed by atoms with E-state index in [9.17, 15) is 13.2 Å². The lowest BCUT2D eigenvalue weighted by Gasteiger charge is -2.22. The number of nitrogens with one attached hydrogen (secondary N) is 1. The van der Waals surface area contributed by atoms with Crippen LogP contribution >= 0.6 is 11.6 Å². The van der Waals surface area contributed by atoms with Gasteiger partial charge in [-0.25, -0.2) is 8.42 Å². The molecule has 1 amide bonds. The van der Waals surface area contributed by atoms with Crippen LogP contribution < -0.4 is 9.62 Å². The maximum atomic E-state index is 12.1. The molecule has 0 fully saturated rings. The fraction of sp³-hybridized carbons (Fsp3) is 0.235. The zero-order valence-electron chi connectivity index (χ0n) is 13.5. The van der Waals surface area contributed by atoms with Crippen molar-refractivity contribution in [1.82, 2.24) is 5.32 Å². The molecule has 0 unspecified atom stereocenters. The molecule has 0 saturated carbocycles. The van der Waals surface area contributed by atoms with Crippen LogP contribution in [-0.2, 0) is 21.4 Å². The number of carbonyl (C=O) groups is 1. The maximum absolute atomic E-state index is 12.1. The molecule has 2 aromatic carbocycles. The van der Waals surface area contributed by atoms with Crippen LogP contribution in [0.3, 0.4) is 0 Å². The van der Waals surface area contributed by atoms with Crippen LogP contribution in [0.4, 0.5) is 5.69 Å². The molecule has 0 radical (unpaired) electrons. The lowest BCUT2D eigenvalue weighted by molar-refractivity contribution is -0.119. The highest BCUT2D eigenvalue weighted by Crippen LogP contribution is 2.21. The molecular weight excluding hydrogens is 348 g/mol. The summed E-state index contributed by atoms with van der Waals surface area (Å²) in [5.74, 6) is -0.388. The highest BCUT2D eigenvalue weighted by Gasteiger charge is 2.20. The smallest absolute Gasteiger partial charge is 0.241 e. The second-order valence-corrected chi connectivity index (χ2v) is 7.86. The topological polar surface area (TPSA) is 66.5 Å². The Balaban J connectivity index is 2.06. The van der Waals surface area contributed by atoms with Crippen LogP contribution in [0.25, 0.3) is 0 Å². The van der Waals surface area contributed by atoms with Crippen LogP contribution in [-0.4, -0.2) is 27.1 Å². The highest BCUT2D eigenvalue weighted by atomic mass is 35.5. The van der Waals surface area contributed by atoms with Gasteiger partial charge in [-0.15, -0.1) is 0 Å². The number of amides is 1. The molecule has 0 aliphatic carbocycles. The van der Waals surface area contributed by atoms with Gasteiger partial charge in [0.1, 0.15) is 6.54 Å². The Morgan fingerprint density at radius 3 is 2.42 bits per heavy atom. The molecule has 5 nitrogen and oxygen atoms in total. The third-order valence-corrected chi connectivity index (χ3v) is 4.77. The van der Waals surface area contributed by atoms with Crippen molar-refractivity contribution < 1.29 is 13.2 Å². The molecule has 0 aliphatic rings. The average molecular weight is 367 g/mol. The van der Waals surface area contributed by atoms with Crippen molar-refractivity contribution in [3.05, 3.63) is 64.7 Å². The fourth-order valence-electron chi connectivity index (χ4n) is 2.12. The molecule has 0 aromatic heterocycles. The Bertz CT molecular complexity index is 820. The summed E-state index contributed by atoms with van der Waals surface area (Å²) in [6.45, 7) is 2.02. The minimum absolute atomic E-state index is 0.301. The van der Waals surface area contributed by atoms with Gasteiger partial charge in [0, 0.05) is 11.6 Å². The first-order valence-corrected chi connectivity index (χ1v) is 9.54. The number of hydrogen-bond acceptors (Lipinski definition) is 3. The van der Waals surface area contributed by atoms with Crippen molar-refractivity contribution in [2.45, 2.75) is 13.5 Å². The van der Waals surface area contributed by atoms with E-state index in [1.165, 1.54) is 6.07 Å². The highest BCUT2D eigenvalue weighted by molar-refractivity contribution is 7.92. The minimum Gasteiger partial charge on any atom is -0.350 e. The third-order valence-electron chi connectivity index (χ3n) is 3.39. The van der Waals surface area contributed by atoms with E-state index in [4.69, 9.17) is 11.6 Å². The van der Waals surface area contributed by atoms with Crippen LogP contribution in [0.1, 0.15) is 11.1 Å². The molecule has 1 N–H and O–H groups in total. The normalized spacial score (nSPS) is 11.1. The average Bonchev–Trinajstić information content (AvgIpc) is 2.51. The van der Waals surface area contributed by atoms with Gasteiger partial charge in [0.15, 0.2) is 0 Å². The van der Waals surface area contributed by atoms with E-state index in [0.717, 1.165) is 21.7 Å². The van der Waals surface area contributed by atoms with Crippen LogP contribution in [0, 0.1) is 6.92 Å². The molecule has 2 rings (SSSR count). The van der Waals surface area contributed by atoms with E-state index < -0.39 is 10.0 Å². The maximum Gasteiger partial charge on any atom is 0.241 e. The van der Waals surface area contributed by atoms with Gasteiger partial charge in [0.25, 0.3) is 0 Å². The lowest BCUT2D eigenvalue weighted by Crippen LogP contribution is -2.40. The summed E-state index contributed by atoms with van der Waals surface area (Å²) in [5, 5.41) is 3.13. The third kappa shape index (κ3) is 5.25. The van der Waals surface area contributed by atoms with Gasteiger partial charge in [-0.3, -0.25) is 9.10 Å². The van der Waals surface area contributed by atoms with E-state index in [2.05, 4.69) is 5.32 Å². The second kappa shape index (κ2) is 7.68. The van der Waals surface area contributed by atoms with Crippen molar-refractivity contribution >= 4 is 33.2 Å². The van der Waals surface area contributed by atoms with Gasteiger partial charge in [-0.1, -0.05) is 47.5 Å². The number of benzene rings is 2. The van der Waals surface area contributed by atoms with Crippen molar-refractivity contribution in [2.24, 2.45) is 0 Å². The van der Waals surface area contributed by atoms with E-state index in [-0.39, 0.29) is 12.5 Å². The zero-order chi connectivity index (χ0) is 17.7. The Hall–Kier alpha value is -2.05. The van der Waals surface area contributed by atoms with Gasteiger partial charge >= 0.3 is 0 Å². The number of rotatable bonds is 6. The molecule has 2 aromatic rings. The van der Waals surface area contributed by atoms with E-state index in [0.29, 0.717) is 17.3 Å². The Kier molecular flexibility index (Phi) is 5.85. The zero-order valence-corrected chi connectivity index (χ0v) is 15.1. The summed E-state index contributed by atoms with van der Waals surface area (Å²) >= 11 is 5.91. The monoisotopic (exact) mass is 366 g/mol. The van der Waals surface area contributed by atoms with Crippen LogP contribution in [0.5, 0.6) is 0 Å². The number of aryl methyl sites for hydroxylation is 1. The number of halogens is 1. The molecule has 0 atom stereocenters. The molecule has 0 aliphatic heterocycles. The van der Waals surface area contributed by atoms with Gasteiger partial charge in [0.05, 0.1) is 11.9 Å². The summed E-state index contributed by atoms with van der Waals surface area (Å²) in [7, 11) is -3.60. The van der Waals surface area contributed by atoms with Crippen LogP contribution in [0.15, 0.2) is 48.5 Å².